The van der Waals surface area contributed by atoms with Crippen molar-refractivity contribution in [3.63, 3.8) is 0 Å². The van der Waals surface area contributed by atoms with Crippen molar-refractivity contribution >= 4 is 54.4 Å². The minimum Gasteiger partial charge on any atom is -0.289 e. The second-order valence-electron chi connectivity index (χ2n) is 24.3. The van der Waals surface area contributed by atoms with Gasteiger partial charge in [0.25, 0.3) is 0 Å². The molecule has 0 spiro atoms. The molecule has 0 radical (unpaired) electrons. The maximum atomic E-state index is 14.6. The molecule has 0 bridgehead atoms. The molecular weight excluding hydrogens is 725 g/mol. The second-order valence-corrected chi connectivity index (χ2v) is 24.3. The highest BCUT2D eigenvalue weighted by molar-refractivity contribution is 6.33. The summed E-state index contributed by atoms with van der Waals surface area (Å²) in [4.78, 5) is 14.6. The monoisotopic (exact) mass is 793 g/mol. The minimum atomic E-state index is -0.343. The Morgan fingerprint density at radius 1 is 0.300 bits per heavy atom. The molecule has 0 atom stereocenters. The fraction of sp³-hybridized carbons (Fsp3) is 0.407. The van der Waals surface area contributed by atoms with Crippen LogP contribution in [-0.2, 0) is 26.5 Å². The maximum absolute atomic E-state index is 14.6. The lowest BCUT2D eigenvalue weighted by Crippen LogP contribution is -2.28. The molecule has 0 heterocycles. The lowest BCUT2D eigenvalue weighted by Gasteiger charge is -2.32. The lowest BCUT2D eigenvalue weighted by atomic mass is 9.71. The largest absolute Gasteiger partial charge is 0.289 e. The van der Waals surface area contributed by atoms with Crippen LogP contribution in [0.1, 0.15) is 158 Å². The average Bonchev–Trinajstić information content (AvgIpc) is 3.48. The summed E-state index contributed by atoms with van der Waals surface area (Å²) in [6, 6.07) is 29.1. The Hall–Kier alpha value is -4.75. The smallest absolute Gasteiger partial charge is 0.186 e. The normalized spacial score (nSPS) is 15.7. The van der Waals surface area contributed by atoms with Gasteiger partial charge in [0.15, 0.2) is 5.78 Å². The van der Waals surface area contributed by atoms with E-state index in [2.05, 4.69) is 210 Å². The molecule has 0 fully saturated rings. The van der Waals surface area contributed by atoms with Gasteiger partial charge in [-0.2, -0.15) is 0 Å². The molecule has 6 aromatic rings. The van der Waals surface area contributed by atoms with Crippen LogP contribution in [-0.4, -0.2) is 5.78 Å². The zero-order valence-electron chi connectivity index (χ0n) is 40.0. The minimum absolute atomic E-state index is 0.0137. The number of ketones is 1. The number of carbonyl (C=O) groups excluding carboxylic acids is 1. The van der Waals surface area contributed by atoms with Crippen LogP contribution in [0.15, 0.2) is 102 Å². The Kier molecular flexibility index (Phi) is 9.18. The zero-order chi connectivity index (χ0) is 44.0. The molecule has 1 heteroatoms. The first-order valence-corrected chi connectivity index (χ1v) is 22.3. The number of fused-ring (bicyclic) bond motifs is 13. The van der Waals surface area contributed by atoms with Gasteiger partial charge in [-0.3, -0.25) is 4.79 Å². The molecule has 1 nitrogen and oxygen atoms in total. The first kappa shape index (κ1) is 42.0. The fourth-order valence-corrected chi connectivity index (χ4v) is 9.68. The molecule has 6 aromatic carbocycles. The quantitative estimate of drug-likeness (QED) is 0.140. The van der Waals surface area contributed by atoms with E-state index in [1.54, 1.807) is 0 Å². The van der Waals surface area contributed by atoms with E-state index >= 15 is 0 Å². The van der Waals surface area contributed by atoms with E-state index in [0.29, 0.717) is 0 Å². The third-order valence-electron chi connectivity index (χ3n) is 13.4. The van der Waals surface area contributed by atoms with Crippen LogP contribution in [0, 0.1) is 10.8 Å². The summed E-state index contributed by atoms with van der Waals surface area (Å²) in [5.74, 6) is 0.165. The van der Waals surface area contributed by atoms with Crippen molar-refractivity contribution in [2.24, 2.45) is 10.8 Å². The van der Waals surface area contributed by atoms with Gasteiger partial charge in [0.2, 0.25) is 0 Å². The Morgan fingerprint density at radius 3 is 0.783 bits per heavy atom. The zero-order valence-corrected chi connectivity index (χ0v) is 40.0. The van der Waals surface area contributed by atoms with Crippen molar-refractivity contribution in [2.45, 2.75) is 146 Å². The lowest BCUT2D eigenvalue weighted by molar-refractivity contribution is -0.114. The van der Waals surface area contributed by atoms with Gasteiger partial charge in [-0.1, -0.05) is 173 Å². The molecule has 0 aromatic heterocycles. The van der Waals surface area contributed by atoms with Gasteiger partial charge in [0.1, 0.15) is 0 Å². The van der Waals surface area contributed by atoms with Crippen LogP contribution >= 0.6 is 0 Å². The highest BCUT2D eigenvalue weighted by Crippen LogP contribution is 2.59. The van der Waals surface area contributed by atoms with Gasteiger partial charge >= 0.3 is 0 Å². The summed E-state index contributed by atoms with van der Waals surface area (Å²) in [6.07, 6.45) is 4.52. The van der Waals surface area contributed by atoms with Gasteiger partial charge < -0.3 is 0 Å². The van der Waals surface area contributed by atoms with Gasteiger partial charge in [-0.25, -0.2) is 0 Å². The fourth-order valence-electron chi connectivity index (χ4n) is 9.68. The number of carbonyl (C=O) groups is 1. The van der Waals surface area contributed by atoms with E-state index < -0.39 is 0 Å². The van der Waals surface area contributed by atoms with Gasteiger partial charge in [0, 0.05) is 11.1 Å². The van der Waals surface area contributed by atoms with Crippen molar-refractivity contribution in [1.29, 1.82) is 0 Å². The SMILES string of the molecule is CC(C)(C)C1=CC(=C2c3c(c4ccc(C(C)(C)C)cc4c4cc(C(C)(C)C)ccc34)-c3c2c2ccc(C(C)(C)C)cc2c2cc(C(C)(C)C)ccc32)C=C(C(C)(C)C)C1=O. The summed E-state index contributed by atoms with van der Waals surface area (Å²) >= 11 is 0. The Bertz CT molecular complexity index is 2740. The standard InChI is InChI=1S/C59H68O/c1-54(2,3)34-19-23-38-42(29-34)44-31-36(56(7,8)9)21-25-40(44)51-49(38)48(33-27-46(58(13,14)15)53(60)47(28-33)59(16,17)18)50-39-24-20-35(55(4,5)6)30-43(39)45-32-37(57(10,11)12)22-26-41(45)52(50)51/h19-32H,1-18H3. The Labute approximate surface area is 361 Å². The Balaban J connectivity index is 1.71. The van der Waals surface area contributed by atoms with Crippen LogP contribution in [0.5, 0.6) is 0 Å². The van der Waals surface area contributed by atoms with E-state index in [0.717, 1.165) is 16.7 Å². The molecular formula is C59H68O. The molecule has 0 amide bonds. The highest BCUT2D eigenvalue weighted by atomic mass is 16.1. The van der Waals surface area contributed by atoms with E-state index in [1.165, 1.54) is 93.2 Å². The van der Waals surface area contributed by atoms with E-state index in [1.807, 2.05) is 0 Å². The van der Waals surface area contributed by atoms with E-state index in [9.17, 15) is 4.79 Å². The average molecular weight is 793 g/mol. The molecule has 310 valence electrons. The third kappa shape index (κ3) is 6.70. The van der Waals surface area contributed by atoms with Crippen LogP contribution < -0.4 is 0 Å². The molecule has 2 aliphatic carbocycles. The predicted molar refractivity (Wildman–Crippen MR) is 263 cm³/mol. The van der Waals surface area contributed by atoms with Crippen LogP contribution in [0.3, 0.4) is 0 Å². The summed E-state index contributed by atoms with van der Waals surface area (Å²) < 4.78 is 0. The molecule has 0 N–H and O–H groups in total. The summed E-state index contributed by atoms with van der Waals surface area (Å²) in [7, 11) is 0. The number of hydrogen-bond donors (Lipinski definition) is 0. The number of allylic oxidation sites excluding steroid dienone is 5. The molecule has 60 heavy (non-hydrogen) atoms. The van der Waals surface area contributed by atoms with Crippen LogP contribution in [0.4, 0.5) is 0 Å². The maximum Gasteiger partial charge on any atom is 0.186 e. The number of Topliss-reactive ketones (excluding diaryl/α,β-unsaturated/α-hetero) is 1. The molecule has 0 saturated carbocycles. The number of rotatable bonds is 0. The highest BCUT2D eigenvalue weighted by Gasteiger charge is 2.39. The van der Waals surface area contributed by atoms with E-state index in [-0.39, 0.29) is 38.3 Å². The topological polar surface area (TPSA) is 17.1 Å². The molecule has 8 rings (SSSR count). The predicted octanol–water partition coefficient (Wildman–Crippen LogP) is 16.8. The molecule has 0 saturated heterocycles. The van der Waals surface area contributed by atoms with Gasteiger partial charge in [0.05, 0.1) is 0 Å². The Morgan fingerprint density at radius 2 is 0.550 bits per heavy atom. The molecule has 0 unspecified atom stereocenters. The van der Waals surface area contributed by atoms with Crippen molar-refractivity contribution in [3.8, 4) is 11.1 Å². The second kappa shape index (κ2) is 13.1. The first-order chi connectivity index (χ1) is 27.5. The van der Waals surface area contributed by atoms with Crippen molar-refractivity contribution < 1.29 is 4.79 Å². The molecule has 0 aliphatic heterocycles. The van der Waals surface area contributed by atoms with Crippen molar-refractivity contribution in [2.75, 3.05) is 0 Å². The van der Waals surface area contributed by atoms with Crippen molar-refractivity contribution in [3.05, 3.63) is 135 Å². The number of benzene rings is 6. The third-order valence-corrected chi connectivity index (χ3v) is 13.4. The van der Waals surface area contributed by atoms with Gasteiger partial charge in [-0.15, -0.1) is 0 Å². The molecule has 2 aliphatic rings. The summed E-state index contributed by atoms with van der Waals surface area (Å²) in [5.41, 5.74) is 13.9. The summed E-state index contributed by atoms with van der Waals surface area (Å²) in [5, 5.41) is 10.3. The van der Waals surface area contributed by atoms with E-state index in [4.69, 9.17) is 0 Å². The summed E-state index contributed by atoms with van der Waals surface area (Å²) in [6.45, 7) is 41.0. The first-order valence-electron chi connectivity index (χ1n) is 22.3. The van der Waals surface area contributed by atoms with Crippen molar-refractivity contribution in [1.82, 2.24) is 0 Å². The van der Waals surface area contributed by atoms with Crippen LogP contribution in [0.2, 0.25) is 0 Å². The van der Waals surface area contributed by atoms with Gasteiger partial charge in [-0.05, 0) is 168 Å². The number of hydrogen-bond acceptors (Lipinski definition) is 1. The van der Waals surface area contributed by atoms with Crippen LogP contribution in [0.25, 0.3) is 59.8 Å².